The van der Waals surface area contributed by atoms with Crippen LogP contribution in [0.15, 0.2) is 23.1 Å². The van der Waals surface area contributed by atoms with E-state index in [0.29, 0.717) is 10.6 Å². The zero-order valence-electron chi connectivity index (χ0n) is 9.40. The lowest BCUT2D eigenvalue weighted by Crippen LogP contribution is -2.14. The van der Waals surface area contributed by atoms with Crippen LogP contribution >= 0.6 is 0 Å². The first-order chi connectivity index (χ1) is 6.88. The van der Waals surface area contributed by atoms with Crippen molar-refractivity contribution in [2.45, 2.75) is 31.1 Å². The van der Waals surface area contributed by atoms with E-state index < -0.39 is 11.1 Å². The van der Waals surface area contributed by atoms with Crippen LogP contribution in [0.4, 0.5) is 0 Å². The van der Waals surface area contributed by atoms with E-state index in [1.54, 1.807) is 12.1 Å². The van der Waals surface area contributed by atoms with E-state index in [9.17, 15) is 4.21 Å². The number of ether oxygens (including phenoxy) is 1. The molecule has 0 spiro atoms. The van der Waals surface area contributed by atoms with Crippen molar-refractivity contribution >= 4 is 11.1 Å². The van der Waals surface area contributed by atoms with Gasteiger partial charge in [0.1, 0.15) is 10.6 Å². The van der Waals surface area contributed by atoms with Crippen molar-refractivity contribution in [3.8, 4) is 5.75 Å². The lowest BCUT2D eigenvalue weighted by molar-refractivity contribution is 0.385. The third kappa shape index (κ3) is 2.58. The molecule has 0 radical (unpaired) electrons. The van der Waals surface area contributed by atoms with Crippen molar-refractivity contribution in [2.24, 2.45) is 0 Å². The van der Waals surface area contributed by atoms with E-state index >= 15 is 0 Å². The molecule has 0 saturated carbocycles. The topological polar surface area (TPSA) is 46.5 Å². The highest BCUT2D eigenvalue weighted by molar-refractivity contribution is 7.79. The van der Waals surface area contributed by atoms with Gasteiger partial charge in [0, 0.05) is 5.56 Å². The van der Waals surface area contributed by atoms with E-state index in [4.69, 9.17) is 9.29 Å². The summed E-state index contributed by atoms with van der Waals surface area (Å²) in [7, 11) is 1.51. The molecule has 1 atom stereocenters. The number of para-hydroxylation sites is 1. The van der Waals surface area contributed by atoms with Gasteiger partial charge in [-0.15, -0.1) is 0 Å². The molecule has 0 amide bonds. The summed E-state index contributed by atoms with van der Waals surface area (Å²) in [5.41, 5.74) is 0.825. The number of hydrogen-bond acceptors (Lipinski definition) is 2. The predicted molar refractivity (Wildman–Crippen MR) is 60.7 cm³/mol. The SMILES string of the molecule is COc1c(S(=O)O)cccc1C(C)(C)C. The Kier molecular flexibility index (Phi) is 3.52. The fourth-order valence-electron chi connectivity index (χ4n) is 1.45. The maximum absolute atomic E-state index is 11.1. The van der Waals surface area contributed by atoms with Crippen molar-refractivity contribution in [2.75, 3.05) is 7.11 Å². The normalized spacial score (nSPS) is 13.7. The zero-order valence-corrected chi connectivity index (χ0v) is 10.2. The Morgan fingerprint density at radius 1 is 1.33 bits per heavy atom. The molecule has 0 aliphatic carbocycles. The van der Waals surface area contributed by atoms with Crippen LogP contribution in [0.25, 0.3) is 0 Å². The number of hydrogen-bond donors (Lipinski definition) is 1. The van der Waals surface area contributed by atoms with Gasteiger partial charge in [-0.3, -0.25) is 0 Å². The molecule has 4 heteroatoms. The molecule has 0 aliphatic rings. The third-order valence-electron chi connectivity index (χ3n) is 2.18. The average molecular weight is 228 g/mol. The molecule has 0 fully saturated rings. The smallest absolute Gasteiger partial charge is 0.190 e. The van der Waals surface area contributed by atoms with Gasteiger partial charge in [-0.1, -0.05) is 32.9 Å². The number of rotatable bonds is 2. The minimum absolute atomic E-state index is 0.110. The second-order valence-electron chi connectivity index (χ2n) is 4.34. The fourth-order valence-corrected chi connectivity index (χ4v) is 2.00. The monoisotopic (exact) mass is 228 g/mol. The Morgan fingerprint density at radius 2 is 1.93 bits per heavy atom. The van der Waals surface area contributed by atoms with E-state index in [2.05, 4.69) is 0 Å². The molecule has 1 rings (SSSR count). The van der Waals surface area contributed by atoms with Crippen LogP contribution in [0.1, 0.15) is 26.3 Å². The van der Waals surface area contributed by atoms with Crippen LogP contribution in [0.5, 0.6) is 5.75 Å². The van der Waals surface area contributed by atoms with Crippen molar-refractivity contribution < 1.29 is 13.5 Å². The van der Waals surface area contributed by atoms with E-state index in [1.165, 1.54) is 7.11 Å². The summed E-state index contributed by atoms with van der Waals surface area (Å²) in [4.78, 5) is 0.324. The molecule has 0 heterocycles. The van der Waals surface area contributed by atoms with Crippen LogP contribution in [-0.2, 0) is 16.5 Å². The summed E-state index contributed by atoms with van der Waals surface area (Å²) in [6.45, 7) is 6.11. The highest BCUT2D eigenvalue weighted by atomic mass is 32.2. The largest absolute Gasteiger partial charge is 0.495 e. The summed E-state index contributed by atoms with van der Waals surface area (Å²) < 4.78 is 25.4. The Bertz CT molecular complexity index is 380. The Labute approximate surface area is 92.7 Å². The quantitative estimate of drug-likeness (QED) is 0.791. The van der Waals surface area contributed by atoms with Crippen LogP contribution in [0, 0.1) is 0 Å². The van der Waals surface area contributed by atoms with Gasteiger partial charge in [0.15, 0.2) is 11.1 Å². The molecule has 0 aliphatic heterocycles. The van der Waals surface area contributed by atoms with Crippen LogP contribution in [-0.4, -0.2) is 15.9 Å². The van der Waals surface area contributed by atoms with Crippen LogP contribution < -0.4 is 4.74 Å². The van der Waals surface area contributed by atoms with Crippen LogP contribution in [0.2, 0.25) is 0 Å². The van der Waals surface area contributed by atoms with Gasteiger partial charge in [-0.2, -0.15) is 0 Å². The van der Waals surface area contributed by atoms with Gasteiger partial charge < -0.3 is 9.29 Å². The first kappa shape index (κ1) is 12.2. The van der Waals surface area contributed by atoms with Crippen molar-refractivity contribution in [1.29, 1.82) is 0 Å². The molecule has 1 aromatic carbocycles. The van der Waals surface area contributed by atoms with Gasteiger partial charge in [0.2, 0.25) is 0 Å². The summed E-state index contributed by atoms with van der Waals surface area (Å²) in [5.74, 6) is 0.505. The second-order valence-corrected chi connectivity index (χ2v) is 5.27. The molecule has 0 aromatic heterocycles. The molecule has 0 saturated heterocycles. The highest BCUT2D eigenvalue weighted by Crippen LogP contribution is 2.34. The van der Waals surface area contributed by atoms with Gasteiger partial charge in [-0.05, 0) is 11.5 Å². The van der Waals surface area contributed by atoms with Gasteiger partial charge in [0.25, 0.3) is 0 Å². The molecule has 1 unspecified atom stereocenters. The third-order valence-corrected chi connectivity index (χ3v) is 2.88. The van der Waals surface area contributed by atoms with Crippen LogP contribution in [0.3, 0.4) is 0 Å². The maximum atomic E-state index is 11.1. The molecule has 0 bridgehead atoms. The van der Waals surface area contributed by atoms with E-state index in [1.807, 2.05) is 26.8 Å². The summed E-state index contributed by atoms with van der Waals surface area (Å²) >= 11 is -2.01. The first-order valence-corrected chi connectivity index (χ1v) is 5.77. The Hall–Kier alpha value is -0.870. The lowest BCUT2D eigenvalue weighted by Gasteiger charge is -2.22. The summed E-state index contributed by atoms with van der Waals surface area (Å²) in [5, 5.41) is 0. The Morgan fingerprint density at radius 3 is 2.33 bits per heavy atom. The molecular formula is C11H16O3S. The Balaban J connectivity index is 3.42. The lowest BCUT2D eigenvalue weighted by atomic mass is 9.86. The van der Waals surface area contributed by atoms with E-state index in [-0.39, 0.29) is 5.41 Å². The number of methoxy groups -OCH3 is 1. The fraction of sp³-hybridized carbons (Fsp3) is 0.455. The summed E-state index contributed by atoms with van der Waals surface area (Å²) in [6.07, 6.45) is 0. The predicted octanol–water partition coefficient (Wildman–Crippen LogP) is 2.57. The maximum Gasteiger partial charge on any atom is 0.190 e. The molecule has 1 N–H and O–H groups in total. The van der Waals surface area contributed by atoms with Crippen molar-refractivity contribution in [1.82, 2.24) is 0 Å². The first-order valence-electron chi connectivity index (χ1n) is 4.66. The second kappa shape index (κ2) is 4.33. The van der Waals surface area contributed by atoms with E-state index in [0.717, 1.165) is 5.56 Å². The van der Waals surface area contributed by atoms with Crippen molar-refractivity contribution in [3.63, 3.8) is 0 Å². The molecule has 3 nitrogen and oxygen atoms in total. The average Bonchev–Trinajstić information content (AvgIpc) is 2.15. The van der Waals surface area contributed by atoms with Gasteiger partial charge in [0.05, 0.1) is 7.11 Å². The highest BCUT2D eigenvalue weighted by Gasteiger charge is 2.22. The van der Waals surface area contributed by atoms with Gasteiger partial charge >= 0.3 is 0 Å². The number of benzene rings is 1. The molecule has 15 heavy (non-hydrogen) atoms. The summed E-state index contributed by atoms with van der Waals surface area (Å²) in [6, 6.07) is 5.28. The zero-order chi connectivity index (χ0) is 11.6. The molecular weight excluding hydrogens is 212 g/mol. The minimum Gasteiger partial charge on any atom is -0.495 e. The van der Waals surface area contributed by atoms with Crippen molar-refractivity contribution in [3.05, 3.63) is 23.8 Å². The van der Waals surface area contributed by atoms with Gasteiger partial charge in [-0.25, -0.2) is 4.21 Å². The standard InChI is InChI=1S/C11H16O3S/c1-11(2,3)8-6-5-7-9(15(12)13)10(8)14-4/h5-7H,1-4H3,(H,12,13). The molecule has 84 valence electrons. The minimum atomic E-state index is -2.01. The molecule has 1 aromatic rings.